The Hall–Kier alpha value is -2.72. The highest BCUT2D eigenvalue weighted by Crippen LogP contribution is 2.22. The number of benzene rings is 1. The fourth-order valence-electron chi connectivity index (χ4n) is 2.61. The molecule has 0 N–H and O–H groups in total. The zero-order valence-corrected chi connectivity index (χ0v) is 13.9. The standard InChI is InChI=1S/C15H15N3O6S/c19-15(12-4-9-24-11-12)16-5-7-17(8-6-16)25(22,23)14-3-1-2-13(10-14)18(20)21/h1-4,9-11H,5-8H2. The molecular weight excluding hydrogens is 350 g/mol. The van der Waals surface area contributed by atoms with Crippen molar-refractivity contribution in [2.24, 2.45) is 0 Å². The molecule has 2 aromatic rings. The van der Waals surface area contributed by atoms with Gasteiger partial charge in [0.15, 0.2) is 0 Å². The van der Waals surface area contributed by atoms with Crippen LogP contribution in [0.3, 0.4) is 0 Å². The first kappa shape index (κ1) is 17.1. The van der Waals surface area contributed by atoms with Crippen molar-refractivity contribution in [2.45, 2.75) is 4.90 Å². The van der Waals surface area contributed by atoms with Crippen LogP contribution in [0.25, 0.3) is 0 Å². The third-order valence-corrected chi connectivity index (χ3v) is 5.85. The fraction of sp³-hybridized carbons (Fsp3) is 0.267. The van der Waals surface area contributed by atoms with E-state index in [1.54, 1.807) is 11.0 Å². The molecule has 0 radical (unpaired) electrons. The van der Waals surface area contributed by atoms with Gasteiger partial charge in [0, 0.05) is 38.3 Å². The third kappa shape index (κ3) is 3.39. The van der Waals surface area contributed by atoms with Crippen molar-refractivity contribution in [3.8, 4) is 0 Å². The Morgan fingerprint density at radius 2 is 1.88 bits per heavy atom. The molecule has 9 nitrogen and oxygen atoms in total. The molecule has 2 heterocycles. The second kappa shape index (κ2) is 6.65. The molecule has 1 saturated heterocycles. The predicted molar refractivity (Wildman–Crippen MR) is 86.5 cm³/mol. The Balaban J connectivity index is 1.72. The summed E-state index contributed by atoms with van der Waals surface area (Å²) in [5, 5.41) is 10.8. The van der Waals surface area contributed by atoms with Gasteiger partial charge in [0.1, 0.15) is 6.26 Å². The maximum Gasteiger partial charge on any atom is 0.270 e. The molecule has 10 heteroatoms. The van der Waals surface area contributed by atoms with Gasteiger partial charge in [0.05, 0.1) is 21.6 Å². The second-order valence-corrected chi connectivity index (χ2v) is 7.40. The molecule has 1 aromatic carbocycles. The summed E-state index contributed by atoms with van der Waals surface area (Å²) in [5.74, 6) is -0.221. The Morgan fingerprint density at radius 1 is 1.16 bits per heavy atom. The molecule has 1 amide bonds. The lowest BCUT2D eigenvalue weighted by molar-refractivity contribution is -0.385. The van der Waals surface area contributed by atoms with Gasteiger partial charge >= 0.3 is 0 Å². The minimum absolute atomic E-state index is 0.120. The Bertz CT molecular complexity index is 886. The average molecular weight is 365 g/mol. The highest BCUT2D eigenvalue weighted by Gasteiger charge is 2.31. The van der Waals surface area contributed by atoms with E-state index in [0.717, 1.165) is 6.07 Å². The molecule has 0 bridgehead atoms. The quantitative estimate of drug-likeness (QED) is 0.596. The lowest BCUT2D eigenvalue weighted by Crippen LogP contribution is -2.50. The summed E-state index contributed by atoms with van der Waals surface area (Å²) < 4.78 is 31.4. The molecule has 0 spiro atoms. The van der Waals surface area contributed by atoms with Crippen LogP contribution in [0.15, 0.2) is 52.2 Å². The zero-order valence-electron chi connectivity index (χ0n) is 13.1. The van der Waals surface area contributed by atoms with Gasteiger partial charge in [-0.25, -0.2) is 8.42 Å². The van der Waals surface area contributed by atoms with Gasteiger partial charge in [-0.2, -0.15) is 4.31 Å². The van der Waals surface area contributed by atoms with Crippen molar-refractivity contribution >= 4 is 21.6 Å². The number of hydrogen-bond acceptors (Lipinski definition) is 6. The summed E-state index contributed by atoms with van der Waals surface area (Å²) in [6.45, 7) is 0.708. The van der Waals surface area contributed by atoms with E-state index in [1.807, 2.05) is 0 Å². The SMILES string of the molecule is O=C(c1ccoc1)N1CCN(S(=O)(=O)c2cccc([N+](=O)[O-])c2)CC1. The van der Waals surface area contributed by atoms with E-state index >= 15 is 0 Å². The van der Waals surface area contributed by atoms with Gasteiger partial charge < -0.3 is 9.32 Å². The summed E-state index contributed by atoms with van der Waals surface area (Å²) in [4.78, 5) is 23.8. The van der Waals surface area contributed by atoms with Crippen LogP contribution in [0.5, 0.6) is 0 Å². The lowest BCUT2D eigenvalue weighted by atomic mass is 10.2. The van der Waals surface area contributed by atoms with Crippen molar-refractivity contribution in [1.29, 1.82) is 0 Å². The number of nitrogens with zero attached hydrogens (tertiary/aromatic N) is 3. The van der Waals surface area contributed by atoms with Gasteiger partial charge in [-0.1, -0.05) is 6.07 Å². The smallest absolute Gasteiger partial charge is 0.270 e. The number of rotatable bonds is 4. The van der Waals surface area contributed by atoms with Crippen molar-refractivity contribution in [2.75, 3.05) is 26.2 Å². The number of nitro groups is 1. The van der Waals surface area contributed by atoms with Crippen LogP contribution in [0.1, 0.15) is 10.4 Å². The Labute approximate surface area is 143 Å². The summed E-state index contributed by atoms with van der Waals surface area (Å²) >= 11 is 0. The van der Waals surface area contributed by atoms with Crippen LogP contribution < -0.4 is 0 Å². The van der Waals surface area contributed by atoms with Crippen molar-refractivity contribution in [1.82, 2.24) is 9.21 Å². The maximum atomic E-state index is 12.7. The molecule has 1 fully saturated rings. The number of sulfonamides is 1. The van der Waals surface area contributed by atoms with E-state index in [4.69, 9.17) is 4.42 Å². The Morgan fingerprint density at radius 3 is 2.48 bits per heavy atom. The summed E-state index contributed by atoms with van der Waals surface area (Å²) in [5.41, 5.74) is 0.129. The summed E-state index contributed by atoms with van der Waals surface area (Å²) in [6.07, 6.45) is 2.74. The first-order chi connectivity index (χ1) is 11.9. The maximum absolute atomic E-state index is 12.7. The van der Waals surface area contributed by atoms with Gasteiger partial charge in [-0.3, -0.25) is 14.9 Å². The van der Waals surface area contributed by atoms with Gasteiger partial charge in [-0.05, 0) is 12.1 Å². The van der Waals surface area contributed by atoms with Crippen molar-refractivity contribution in [3.63, 3.8) is 0 Å². The van der Waals surface area contributed by atoms with Crippen LogP contribution in [-0.4, -0.2) is 54.6 Å². The summed E-state index contributed by atoms with van der Waals surface area (Å²) in [7, 11) is -3.85. The molecule has 0 atom stereocenters. The highest BCUT2D eigenvalue weighted by atomic mass is 32.2. The number of piperazine rings is 1. The molecule has 0 unspecified atom stereocenters. The third-order valence-electron chi connectivity index (χ3n) is 3.96. The van der Waals surface area contributed by atoms with E-state index in [-0.39, 0.29) is 42.7 Å². The van der Waals surface area contributed by atoms with Gasteiger partial charge in [0.2, 0.25) is 10.0 Å². The molecular formula is C15H15N3O6S. The van der Waals surface area contributed by atoms with E-state index in [0.29, 0.717) is 5.56 Å². The number of nitro benzene ring substituents is 1. The second-order valence-electron chi connectivity index (χ2n) is 5.46. The highest BCUT2D eigenvalue weighted by molar-refractivity contribution is 7.89. The minimum atomic E-state index is -3.85. The molecule has 0 aliphatic carbocycles. The topological polar surface area (TPSA) is 114 Å². The van der Waals surface area contributed by atoms with Crippen molar-refractivity contribution in [3.05, 3.63) is 58.5 Å². The number of hydrogen-bond donors (Lipinski definition) is 0. The first-order valence-electron chi connectivity index (χ1n) is 7.45. The van der Waals surface area contributed by atoms with Crippen LogP contribution in [0, 0.1) is 10.1 Å². The largest absolute Gasteiger partial charge is 0.472 e. The minimum Gasteiger partial charge on any atom is -0.472 e. The first-order valence-corrected chi connectivity index (χ1v) is 8.89. The van der Waals surface area contributed by atoms with E-state index < -0.39 is 14.9 Å². The van der Waals surface area contributed by atoms with Gasteiger partial charge in [0.25, 0.3) is 11.6 Å². The molecule has 132 valence electrons. The molecule has 25 heavy (non-hydrogen) atoms. The number of furan rings is 1. The number of carbonyl (C=O) groups is 1. The number of non-ortho nitro benzene ring substituents is 1. The average Bonchev–Trinajstić information content (AvgIpc) is 3.16. The Kier molecular flexibility index (Phi) is 4.55. The van der Waals surface area contributed by atoms with E-state index in [2.05, 4.69) is 0 Å². The molecule has 1 aromatic heterocycles. The van der Waals surface area contributed by atoms with Crippen molar-refractivity contribution < 1.29 is 22.6 Å². The lowest BCUT2D eigenvalue weighted by Gasteiger charge is -2.33. The molecule has 1 aliphatic heterocycles. The summed E-state index contributed by atoms with van der Waals surface area (Å²) in [6, 6.07) is 6.49. The number of carbonyl (C=O) groups excluding carboxylic acids is 1. The van der Waals surface area contributed by atoms with Crippen LogP contribution in [0.4, 0.5) is 5.69 Å². The van der Waals surface area contributed by atoms with Crippen LogP contribution >= 0.6 is 0 Å². The molecule has 0 saturated carbocycles. The van der Waals surface area contributed by atoms with E-state index in [9.17, 15) is 23.3 Å². The van der Waals surface area contributed by atoms with Crippen LogP contribution in [-0.2, 0) is 10.0 Å². The number of amides is 1. The zero-order chi connectivity index (χ0) is 18.0. The van der Waals surface area contributed by atoms with Crippen LogP contribution in [0.2, 0.25) is 0 Å². The normalized spacial score (nSPS) is 15.9. The fourth-order valence-corrected chi connectivity index (χ4v) is 4.07. The predicted octanol–water partition coefficient (Wildman–Crippen LogP) is 1.33. The molecule has 3 rings (SSSR count). The van der Waals surface area contributed by atoms with E-state index in [1.165, 1.54) is 35.0 Å². The molecule has 1 aliphatic rings. The van der Waals surface area contributed by atoms with Gasteiger partial charge in [-0.15, -0.1) is 0 Å². The monoisotopic (exact) mass is 365 g/mol.